The van der Waals surface area contributed by atoms with Crippen LogP contribution in [-0.4, -0.2) is 26.8 Å². The zero-order valence-electron chi connectivity index (χ0n) is 14.8. The van der Waals surface area contributed by atoms with E-state index in [1.807, 2.05) is 0 Å². The van der Waals surface area contributed by atoms with Crippen LogP contribution in [0.3, 0.4) is 0 Å². The van der Waals surface area contributed by atoms with E-state index in [4.69, 9.17) is 0 Å². The van der Waals surface area contributed by atoms with E-state index in [0.29, 0.717) is 5.56 Å². The van der Waals surface area contributed by atoms with Gasteiger partial charge in [0, 0.05) is 0 Å². The van der Waals surface area contributed by atoms with Gasteiger partial charge in [0.15, 0.2) is 0 Å². The molecule has 0 aliphatic carbocycles. The second-order valence-corrected chi connectivity index (χ2v) is 6.29. The molecule has 0 bridgehead atoms. The summed E-state index contributed by atoms with van der Waals surface area (Å²) in [6.45, 7) is 0. The highest BCUT2D eigenvalue weighted by Gasteiger charge is 2.29. The molecule has 1 unspecified atom stereocenters. The van der Waals surface area contributed by atoms with Gasteiger partial charge >= 0.3 is 5.97 Å². The quantitative estimate of drug-likeness (QED) is 0.628. The summed E-state index contributed by atoms with van der Waals surface area (Å²) in [7, 11) is 0. The first-order valence-corrected chi connectivity index (χ1v) is 8.55. The summed E-state index contributed by atoms with van der Waals surface area (Å²) in [5.74, 6) is -2.80. The summed E-state index contributed by atoms with van der Waals surface area (Å²) in [6, 6.07) is 10.5. The average molecular weight is 396 g/mol. The number of halogens is 2. The predicted octanol–water partition coefficient (Wildman–Crippen LogP) is 3.40. The molecule has 146 valence electrons. The molecule has 9 heteroatoms. The molecule has 3 N–H and O–H groups in total. The maximum atomic E-state index is 13.8. The number of hydrogen-bond donors (Lipinski definition) is 3. The Morgan fingerprint density at radius 2 is 1.83 bits per heavy atom. The van der Waals surface area contributed by atoms with Gasteiger partial charge in [-0.15, -0.1) is 0 Å². The Balaban J connectivity index is 1.73. The third kappa shape index (κ3) is 3.45. The summed E-state index contributed by atoms with van der Waals surface area (Å²) in [4.78, 5) is 24.2. The molecule has 0 saturated carbocycles. The summed E-state index contributed by atoms with van der Waals surface area (Å²) < 4.78 is 28.5. The number of fused-ring (bicyclic) bond motifs is 1. The average Bonchev–Trinajstić information content (AvgIpc) is 3.14. The molecular weight excluding hydrogens is 382 g/mol. The third-order valence-electron chi connectivity index (χ3n) is 4.45. The number of allylic oxidation sites excluding steroid dienone is 1. The van der Waals surface area contributed by atoms with Crippen molar-refractivity contribution in [3.63, 3.8) is 0 Å². The summed E-state index contributed by atoms with van der Waals surface area (Å²) in [5, 5.41) is 18.7. The minimum absolute atomic E-state index is 0.0163. The lowest BCUT2D eigenvalue weighted by Gasteiger charge is -2.24. The molecule has 1 atom stereocenters. The highest BCUT2D eigenvalue weighted by molar-refractivity contribution is 6.08. The van der Waals surface area contributed by atoms with E-state index in [1.54, 1.807) is 6.07 Å². The topological polar surface area (TPSA) is 96.2 Å². The number of carboxylic acid groups (broad SMARTS) is 1. The maximum Gasteiger partial charge on any atom is 0.352 e. The molecule has 1 aliphatic heterocycles. The number of para-hydroxylation sites is 1. The SMILES string of the molecule is O=C(O)C1=CC(c2ccc(F)cc2)n2ncc(C(=O)Nc3ccccc3F)c2N1. The van der Waals surface area contributed by atoms with Crippen LogP contribution < -0.4 is 10.6 Å². The number of rotatable bonds is 4. The van der Waals surface area contributed by atoms with Gasteiger partial charge in [0.05, 0.1) is 17.9 Å². The lowest BCUT2D eigenvalue weighted by molar-refractivity contribution is -0.132. The van der Waals surface area contributed by atoms with Gasteiger partial charge in [0.1, 0.15) is 28.7 Å². The smallest absolute Gasteiger partial charge is 0.352 e. The molecule has 2 aromatic carbocycles. The van der Waals surface area contributed by atoms with Crippen molar-refractivity contribution in [1.82, 2.24) is 9.78 Å². The van der Waals surface area contributed by atoms with Gasteiger partial charge in [0.2, 0.25) is 0 Å². The van der Waals surface area contributed by atoms with Crippen LogP contribution >= 0.6 is 0 Å². The van der Waals surface area contributed by atoms with Crippen molar-refractivity contribution in [1.29, 1.82) is 0 Å². The van der Waals surface area contributed by atoms with E-state index < -0.39 is 29.6 Å². The number of benzene rings is 2. The van der Waals surface area contributed by atoms with Crippen molar-refractivity contribution in [3.05, 3.63) is 89.3 Å². The van der Waals surface area contributed by atoms with Crippen LogP contribution in [-0.2, 0) is 4.79 Å². The van der Waals surface area contributed by atoms with Crippen molar-refractivity contribution in [3.8, 4) is 0 Å². The van der Waals surface area contributed by atoms with E-state index in [9.17, 15) is 23.5 Å². The Labute approximate surface area is 163 Å². The Hall–Kier alpha value is -4.01. The van der Waals surface area contributed by atoms with E-state index >= 15 is 0 Å². The molecule has 2 heterocycles. The number of carboxylic acids is 1. The van der Waals surface area contributed by atoms with Gasteiger partial charge in [0.25, 0.3) is 5.91 Å². The Kier molecular flexibility index (Phi) is 4.55. The van der Waals surface area contributed by atoms with Gasteiger partial charge in [-0.1, -0.05) is 24.3 Å². The Morgan fingerprint density at radius 1 is 1.10 bits per heavy atom. The number of carbonyl (C=O) groups is 2. The standard InChI is InChI=1S/C20H14F2N4O3/c21-12-7-5-11(6-8-12)17-9-16(20(28)29)24-18-13(10-23-26(17)18)19(27)25-15-4-2-1-3-14(15)22/h1-10,17,24H,(H,25,27)(H,28,29). The predicted molar refractivity (Wildman–Crippen MR) is 100 cm³/mol. The summed E-state index contributed by atoms with van der Waals surface area (Å²) >= 11 is 0. The lowest BCUT2D eigenvalue weighted by Crippen LogP contribution is -2.25. The zero-order valence-corrected chi connectivity index (χ0v) is 14.8. The largest absolute Gasteiger partial charge is 0.477 e. The van der Waals surface area contributed by atoms with Crippen molar-refractivity contribution < 1.29 is 23.5 Å². The number of nitrogens with zero attached hydrogens (tertiary/aromatic N) is 2. The van der Waals surface area contributed by atoms with Gasteiger partial charge in [-0.2, -0.15) is 5.10 Å². The highest BCUT2D eigenvalue weighted by Crippen LogP contribution is 2.32. The lowest BCUT2D eigenvalue weighted by atomic mass is 10.0. The number of anilines is 2. The molecule has 29 heavy (non-hydrogen) atoms. The monoisotopic (exact) mass is 396 g/mol. The van der Waals surface area contributed by atoms with Crippen LogP contribution in [0.2, 0.25) is 0 Å². The number of carbonyl (C=O) groups excluding carboxylic acids is 1. The van der Waals surface area contributed by atoms with E-state index in [0.717, 1.165) is 0 Å². The maximum absolute atomic E-state index is 13.8. The van der Waals surface area contributed by atoms with Crippen molar-refractivity contribution >= 4 is 23.4 Å². The van der Waals surface area contributed by atoms with Gasteiger partial charge in [-0.05, 0) is 35.9 Å². The van der Waals surface area contributed by atoms with Crippen molar-refractivity contribution in [2.24, 2.45) is 0 Å². The molecular formula is C20H14F2N4O3. The summed E-state index contributed by atoms with van der Waals surface area (Å²) in [5.41, 5.74) is 0.439. The van der Waals surface area contributed by atoms with Crippen LogP contribution in [0.4, 0.5) is 20.3 Å². The van der Waals surface area contributed by atoms with Crippen LogP contribution in [0.15, 0.2) is 66.5 Å². The Morgan fingerprint density at radius 3 is 2.52 bits per heavy atom. The number of aromatic nitrogens is 2. The summed E-state index contributed by atoms with van der Waals surface area (Å²) in [6.07, 6.45) is 2.67. The van der Waals surface area contributed by atoms with Gasteiger partial charge in [-0.3, -0.25) is 4.79 Å². The first-order valence-electron chi connectivity index (χ1n) is 8.55. The zero-order chi connectivity index (χ0) is 20.5. The molecule has 0 spiro atoms. The number of hydrogen-bond acceptors (Lipinski definition) is 4. The van der Waals surface area contributed by atoms with Crippen LogP contribution in [0.5, 0.6) is 0 Å². The minimum Gasteiger partial charge on any atom is -0.477 e. The fraction of sp³-hybridized carbons (Fsp3) is 0.0500. The molecule has 7 nitrogen and oxygen atoms in total. The second-order valence-electron chi connectivity index (χ2n) is 6.29. The fourth-order valence-electron chi connectivity index (χ4n) is 3.04. The third-order valence-corrected chi connectivity index (χ3v) is 4.45. The Bertz CT molecular complexity index is 1140. The highest BCUT2D eigenvalue weighted by atomic mass is 19.1. The van der Waals surface area contributed by atoms with Crippen LogP contribution in [0.25, 0.3) is 0 Å². The molecule has 1 aromatic heterocycles. The van der Waals surface area contributed by atoms with Crippen LogP contribution in [0, 0.1) is 11.6 Å². The first kappa shape index (κ1) is 18.4. The fourth-order valence-corrected chi connectivity index (χ4v) is 3.04. The van der Waals surface area contributed by atoms with Crippen molar-refractivity contribution in [2.45, 2.75) is 6.04 Å². The molecule has 0 saturated heterocycles. The molecule has 1 aliphatic rings. The molecule has 0 radical (unpaired) electrons. The minimum atomic E-state index is -1.23. The van der Waals surface area contributed by atoms with Gasteiger partial charge < -0.3 is 15.7 Å². The second kappa shape index (κ2) is 7.19. The molecule has 1 amide bonds. The van der Waals surface area contributed by atoms with E-state index in [1.165, 1.54) is 59.4 Å². The number of nitrogens with one attached hydrogen (secondary N) is 2. The number of amides is 1. The van der Waals surface area contributed by atoms with E-state index in [-0.39, 0.29) is 22.8 Å². The molecule has 0 fully saturated rings. The normalized spacial score (nSPS) is 15.1. The van der Waals surface area contributed by atoms with Crippen LogP contribution in [0.1, 0.15) is 22.0 Å². The van der Waals surface area contributed by atoms with E-state index in [2.05, 4.69) is 15.7 Å². The van der Waals surface area contributed by atoms with Crippen molar-refractivity contribution in [2.75, 3.05) is 10.6 Å². The molecule has 3 aromatic rings. The molecule has 4 rings (SSSR count). The first-order chi connectivity index (χ1) is 13.9. The van der Waals surface area contributed by atoms with Gasteiger partial charge in [-0.25, -0.2) is 18.3 Å². The number of aliphatic carboxylic acids is 1.